The molecule has 1 atom stereocenters. The molecule has 0 aliphatic carbocycles. The smallest absolute Gasteiger partial charge is 0.423 e. The zero-order valence-corrected chi connectivity index (χ0v) is 12.7. The van der Waals surface area contributed by atoms with Crippen LogP contribution < -0.4 is 10.8 Å². The minimum Gasteiger partial charge on any atom is -0.423 e. The summed E-state index contributed by atoms with van der Waals surface area (Å²) in [6.45, 7) is -0.388. The zero-order valence-electron chi connectivity index (χ0n) is 11.9. The van der Waals surface area contributed by atoms with Gasteiger partial charge in [-0.2, -0.15) is 0 Å². The monoisotopic (exact) mass is 337 g/mol. The van der Waals surface area contributed by atoms with Crippen molar-refractivity contribution in [1.82, 2.24) is 5.32 Å². The highest BCUT2D eigenvalue weighted by Gasteiger charge is 2.20. The maximum atomic E-state index is 13.9. The predicted octanol–water partition coefficient (Wildman–Crippen LogP) is 0.622. The minimum absolute atomic E-state index is 0.0624. The SMILES string of the molecule is O=C(NC(CO)c1cccc(Cl)c1)c1ccc(B(O)O)cc1F. The van der Waals surface area contributed by atoms with Crippen LogP contribution in [0.3, 0.4) is 0 Å². The molecule has 0 heterocycles. The lowest BCUT2D eigenvalue weighted by Gasteiger charge is -2.17. The summed E-state index contributed by atoms with van der Waals surface area (Å²) in [7, 11) is -1.82. The summed E-state index contributed by atoms with van der Waals surface area (Å²) >= 11 is 5.87. The first-order valence-electron chi connectivity index (χ1n) is 6.75. The van der Waals surface area contributed by atoms with E-state index in [1.54, 1.807) is 24.3 Å². The van der Waals surface area contributed by atoms with Gasteiger partial charge in [-0.3, -0.25) is 4.79 Å². The van der Waals surface area contributed by atoms with Crippen molar-refractivity contribution in [2.24, 2.45) is 0 Å². The van der Waals surface area contributed by atoms with Crippen molar-refractivity contribution in [3.63, 3.8) is 0 Å². The van der Waals surface area contributed by atoms with E-state index in [4.69, 9.17) is 21.6 Å². The molecule has 1 unspecified atom stereocenters. The Labute approximate surface area is 137 Å². The number of benzene rings is 2. The second kappa shape index (κ2) is 7.56. The van der Waals surface area contributed by atoms with Gasteiger partial charge in [0.1, 0.15) is 5.82 Å². The third-order valence-corrected chi connectivity index (χ3v) is 3.51. The average Bonchev–Trinajstić information content (AvgIpc) is 2.52. The van der Waals surface area contributed by atoms with Crippen molar-refractivity contribution in [2.45, 2.75) is 6.04 Å². The third kappa shape index (κ3) is 4.30. The van der Waals surface area contributed by atoms with Crippen molar-refractivity contribution < 1.29 is 24.3 Å². The second-order valence-electron chi connectivity index (χ2n) is 4.88. The molecule has 8 heteroatoms. The van der Waals surface area contributed by atoms with E-state index in [9.17, 15) is 14.3 Å². The lowest BCUT2D eigenvalue weighted by atomic mass is 9.80. The van der Waals surface area contributed by atoms with Crippen molar-refractivity contribution >= 4 is 30.1 Å². The van der Waals surface area contributed by atoms with Gasteiger partial charge in [0, 0.05) is 5.02 Å². The summed E-state index contributed by atoms with van der Waals surface area (Å²) in [5.41, 5.74) is 0.249. The van der Waals surface area contributed by atoms with Gasteiger partial charge < -0.3 is 20.5 Å². The van der Waals surface area contributed by atoms with Crippen LogP contribution in [0, 0.1) is 5.82 Å². The summed E-state index contributed by atoms with van der Waals surface area (Å²) in [6, 6.07) is 9.08. The molecule has 2 rings (SSSR count). The van der Waals surface area contributed by atoms with Crippen LogP contribution in [-0.2, 0) is 0 Å². The molecular weight excluding hydrogens is 323 g/mol. The standard InChI is InChI=1S/C15H14BClFNO4/c17-11-3-1-2-9(6-11)14(8-20)19-15(21)12-5-4-10(16(22)23)7-13(12)18/h1-7,14,20,22-23H,8H2,(H,19,21). The molecular formula is C15H14BClFNO4. The molecule has 0 aliphatic rings. The maximum absolute atomic E-state index is 13.9. The summed E-state index contributed by atoms with van der Waals surface area (Å²) in [4.78, 5) is 12.2. The van der Waals surface area contributed by atoms with Crippen LogP contribution in [0.1, 0.15) is 22.0 Å². The van der Waals surface area contributed by atoms with Crippen molar-refractivity contribution in [2.75, 3.05) is 6.61 Å². The Morgan fingerprint density at radius 3 is 2.57 bits per heavy atom. The van der Waals surface area contributed by atoms with E-state index in [1.807, 2.05) is 0 Å². The molecule has 120 valence electrons. The van der Waals surface area contributed by atoms with Gasteiger partial charge >= 0.3 is 7.12 Å². The highest BCUT2D eigenvalue weighted by molar-refractivity contribution is 6.58. The number of hydrogen-bond donors (Lipinski definition) is 4. The number of carbonyl (C=O) groups excluding carboxylic acids is 1. The number of hydrogen-bond acceptors (Lipinski definition) is 4. The quantitative estimate of drug-likeness (QED) is 0.602. The molecule has 23 heavy (non-hydrogen) atoms. The van der Waals surface area contributed by atoms with Crippen LogP contribution >= 0.6 is 11.6 Å². The van der Waals surface area contributed by atoms with E-state index in [0.717, 1.165) is 12.1 Å². The first-order valence-corrected chi connectivity index (χ1v) is 7.13. The summed E-state index contributed by atoms with van der Waals surface area (Å²) < 4.78 is 13.9. The van der Waals surface area contributed by atoms with Crippen LogP contribution in [0.15, 0.2) is 42.5 Å². The molecule has 4 N–H and O–H groups in total. The molecule has 5 nitrogen and oxygen atoms in total. The number of amides is 1. The lowest BCUT2D eigenvalue weighted by Crippen LogP contribution is -2.33. The Balaban J connectivity index is 2.20. The van der Waals surface area contributed by atoms with Crippen LogP contribution in [0.5, 0.6) is 0 Å². The van der Waals surface area contributed by atoms with Gasteiger partial charge in [-0.05, 0) is 35.3 Å². The minimum atomic E-state index is -1.82. The molecule has 0 bridgehead atoms. The number of nitrogens with one attached hydrogen (secondary N) is 1. The van der Waals surface area contributed by atoms with Gasteiger partial charge in [0.05, 0.1) is 18.2 Å². The van der Waals surface area contributed by atoms with Crippen molar-refractivity contribution in [3.8, 4) is 0 Å². The van der Waals surface area contributed by atoms with E-state index >= 15 is 0 Å². The first-order chi connectivity index (χ1) is 10.9. The lowest BCUT2D eigenvalue weighted by molar-refractivity contribution is 0.0912. The van der Waals surface area contributed by atoms with Crippen LogP contribution in [0.4, 0.5) is 4.39 Å². The van der Waals surface area contributed by atoms with Gasteiger partial charge in [-0.1, -0.05) is 29.8 Å². The molecule has 0 saturated heterocycles. The van der Waals surface area contributed by atoms with E-state index < -0.39 is 24.9 Å². The Bertz CT molecular complexity index is 714. The van der Waals surface area contributed by atoms with Crippen molar-refractivity contribution in [1.29, 1.82) is 0 Å². The maximum Gasteiger partial charge on any atom is 0.488 e. The van der Waals surface area contributed by atoms with E-state index in [0.29, 0.717) is 10.6 Å². The third-order valence-electron chi connectivity index (χ3n) is 3.27. The molecule has 0 saturated carbocycles. The van der Waals surface area contributed by atoms with Gasteiger partial charge in [0.15, 0.2) is 0 Å². The Morgan fingerprint density at radius 2 is 2.00 bits per heavy atom. The zero-order chi connectivity index (χ0) is 17.0. The highest BCUT2D eigenvalue weighted by Crippen LogP contribution is 2.18. The molecule has 2 aromatic carbocycles. The van der Waals surface area contributed by atoms with Crippen molar-refractivity contribution in [3.05, 3.63) is 64.4 Å². The predicted molar refractivity (Wildman–Crippen MR) is 85.0 cm³/mol. The molecule has 1 amide bonds. The number of carbonyl (C=O) groups is 1. The summed E-state index contributed by atoms with van der Waals surface area (Å²) in [5.74, 6) is -1.63. The topological polar surface area (TPSA) is 89.8 Å². The fourth-order valence-electron chi connectivity index (χ4n) is 2.07. The Hall–Kier alpha value is -1.93. The summed E-state index contributed by atoms with van der Waals surface area (Å²) in [6.07, 6.45) is 0. The summed E-state index contributed by atoms with van der Waals surface area (Å²) in [5, 5.41) is 30.3. The number of aliphatic hydroxyl groups is 1. The van der Waals surface area contributed by atoms with Gasteiger partial charge in [0.2, 0.25) is 0 Å². The molecule has 2 aromatic rings. The van der Waals surface area contributed by atoms with Crippen LogP contribution in [-0.4, -0.2) is 34.8 Å². The van der Waals surface area contributed by atoms with Crippen LogP contribution in [0.25, 0.3) is 0 Å². The largest absolute Gasteiger partial charge is 0.488 e. The Morgan fingerprint density at radius 1 is 1.26 bits per heavy atom. The fraction of sp³-hybridized carbons (Fsp3) is 0.133. The molecule has 0 fully saturated rings. The fourth-order valence-corrected chi connectivity index (χ4v) is 2.27. The number of halogens is 2. The Kier molecular flexibility index (Phi) is 5.73. The van der Waals surface area contributed by atoms with E-state index in [-0.39, 0.29) is 17.6 Å². The first kappa shape index (κ1) is 17.4. The van der Waals surface area contributed by atoms with Gasteiger partial charge in [0.25, 0.3) is 5.91 Å². The molecule has 0 aliphatic heterocycles. The molecule has 0 spiro atoms. The van der Waals surface area contributed by atoms with Gasteiger partial charge in [-0.25, -0.2) is 4.39 Å². The van der Waals surface area contributed by atoms with Gasteiger partial charge in [-0.15, -0.1) is 0 Å². The van der Waals surface area contributed by atoms with E-state index in [2.05, 4.69) is 5.32 Å². The average molecular weight is 338 g/mol. The number of aliphatic hydroxyl groups excluding tert-OH is 1. The normalized spacial score (nSPS) is 11.9. The highest BCUT2D eigenvalue weighted by atomic mass is 35.5. The molecule has 0 radical (unpaired) electrons. The number of rotatable bonds is 5. The molecule has 0 aromatic heterocycles. The van der Waals surface area contributed by atoms with Crippen LogP contribution in [0.2, 0.25) is 5.02 Å². The van der Waals surface area contributed by atoms with E-state index in [1.165, 1.54) is 6.07 Å². The second-order valence-corrected chi connectivity index (χ2v) is 5.31.